The van der Waals surface area contributed by atoms with Gasteiger partial charge in [-0.1, -0.05) is 28.1 Å². The molecule has 4 heteroatoms. The summed E-state index contributed by atoms with van der Waals surface area (Å²) in [6, 6.07) is 12.0. The molecule has 0 saturated carbocycles. The molecule has 1 aliphatic heterocycles. The van der Waals surface area contributed by atoms with Gasteiger partial charge >= 0.3 is 0 Å². The lowest BCUT2D eigenvalue weighted by molar-refractivity contribution is -0.136. The molecule has 2 aromatic carbocycles. The number of fused-ring (bicyclic) bond motifs is 1. The van der Waals surface area contributed by atoms with Gasteiger partial charge in [-0.3, -0.25) is 4.79 Å². The number of ether oxygens (including phenoxy) is 1. The van der Waals surface area contributed by atoms with Crippen LogP contribution in [0.25, 0.3) is 10.8 Å². The second-order valence-corrected chi connectivity index (χ2v) is 6.36. The van der Waals surface area contributed by atoms with Gasteiger partial charge in [0, 0.05) is 17.6 Å². The van der Waals surface area contributed by atoms with E-state index in [1.807, 2.05) is 42.2 Å². The van der Waals surface area contributed by atoms with E-state index < -0.39 is 6.10 Å². The van der Waals surface area contributed by atoms with Gasteiger partial charge in [-0.25, -0.2) is 0 Å². The zero-order chi connectivity index (χ0) is 14.8. The molecule has 2 aromatic rings. The van der Waals surface area contributed by atoms with Gasteiger partial charge in [0.15, 0.2) is 6.10 Å². The van der Waals surface area contributed by atoms with Crippen LogP contribution in [0, 0.1) is 0 Å². The number of benzene rings is 2. The highest BCUT2D eigenvalue weighted by Crippen LogP contribution is 2.25. The summed E-state index contributed by atoms with van der Waals surface area (Å²) in [5.41, 5.74) is 0. The first-order chi connectivity index (χ1) is 10.1. The lowest BCUT2D eigenvalue weighted by Crippen LogP contribution is -2.38. The van der Waals surface area contributed by atoms with Crippen LogP contribution in [-0.4, -0.2) is 30.0 Å². The molecule has 1 fully saturated rings. The fourth-order valence-corrected chi connectivity index (χ4v) is 3.10. The van der Waals surface area contributed by atoms with E-state index in [9.17, 15) is 4.79 Å². The number of halogens is 1. The van der Waals surface area contributed by atoms with Crippen molar-refractivity contribution in [2.24, 2.45) is 0 Å². The number of likely N-dealkylation sites (tertiary alicyclic amines) is 1. The zero-order valence-corrected chi connectivity index (χ0v) is 13.6. The van der Waals surface area contributed by atoms with Crippen LogP contribution in [0.4, 0.5) is 0 Å². The van der Waals surface area contributed by atoms with Crippen molar-refractivity contribution in [2.75, 3.05) is 13.1 Å². The fourth-order valence-electron chi connectivity index (χ4n) is 2.72. The van der Waals surface area contributed by atoms with E-state index in [0.717, 1.165) is 46.9 Å². The van der Waals surface area contributed by atoms with Gasteiger partial charge in [0.2, 0.25) is 0 Å². The molecule has 0 radical (unpaired) electrons. The van der Waals surface area contributed by atoms with E-state index in [0.29, 0.717) is 0 Å². The highest BCUT2D eigenvalue weighted by Gasteiger charge is 2.24. The number of rotatable bonds is 3. The Morgan fingerprint density at radius 3 is 2.57 bits per heavy atom. The predicted octanol–water partition coefficient (Wildman–Crippen LogP) is 3.99. The van der Waals surface area contributed by atoms with Gasteiger partial charge in [-0.15, -0.1) is 0 Å². The van der Waals surface area contributed by atoms with Gasteiger partial charge in [0.05, 0.1) is 0 Å². The molecule has 0 N–H and O–H groups in total. The number of hydrogen-bond donors (Lipinski definition) is 0. The molecular weight excluding hydrogens is 330 g/mol. The Hall–Kier alpha value is -1.55. The molecule has 1 aliphatic rings. The Morgan fingerprint density at radius 2 is 1.81 bits per heavy atom. The number of carbonyl (C=O) groups is 1. The molecule has 0 bridgehead atoms. The van der Waals surface area contributed by atoms with E-state index in [2.05, 4.69) is 22.0 Å². The van der Waals surface area contributed by atoms with Crippen molar-refractivity contribution in [3.05, 3.63) is 40.9 Å². The van der Waals surface area contributed by atoms with Crippen molar-refractivity contribution in [1.29, 1.82) is 0 Å². The first-order valence-electron chi connectivity index (χ1n) is 7.28. The summed E-state index contributed by atoms with van der Waals surface area (Å²) in [5.74, 6) is 0.827. The summed E-state index contributed by atoms with van der Waals surface area (Å²) in [7, 11) is 0. The SMILES string of the molecule is C[C@@H](Oc1ccc2cc(Br)ccc2c1)C(=O)N1CCCC1. The van der Waals surface area contributed by atoms with Crippen LogP contribution in [0.5, 0.6) is 5.75 Å². The Morgan fingerprint density at radius 1 is 1.14 bits per heavy atom. The molecule has 1 atom stereocenters. The van der Waals surface area contributed by atoms with Gasteiger partial charge in [-0.05, 0) is 54.8 Å². The third-order valence-corrected chi connectivity index (χ3v) is 4.35. The minimum Gasteiger partial charge on any atom is -0.481 e. The van der Waals surface area contributed by atoms with Crippen molar-refractivity contribution >= 4 is 32.6 Å². The number of amides is 1. The van der Waals surface area contributed by atoms with Gasteiger partial charge in [0.1, 0.15) is 5.75 Å². The van der Waals surface area contributed by atoms with Gasteiger partial charge < -0.3 is 9.64 Å². The molecule has 0 unspecified atom stereocenters. The summed E-state index contributed by atoms with van der Waals surface area (Å²) in [5, 5.41) is 2.26. The van der Waals surface area contributed by atoms with E-state index >= 15 is 0 Å². The molecule has 1 heterocycles. The van der Waals surface area contributed by atoms with E-state index in [1.54, 1.807) is 0 Å². The van der Waals surface area contributed by atoms with Crippen LogP contribution < -0.4 is 4.74 Å². The molecule has 3 rings (SSSR count). The molecule has 1 amide bonds. The zero-order valence-electron chi connectivity index (χ0n) is 12.0. The van der Waals surface area contributed by atoms with Crippen LogP contribution >= 0.6 is 15.9 Å². The highest BCUT2D eigenvalue weighted by molar-refractivity contribution is 9.10. The minimum absolute atomic E-state index is 0.0865. The maximum Gasteiger partial charge on any atom is 0.263 e. The smallest absolute Gasteiger partial charge is 0.263 e. The average Bonchev–Trinajstić information content (AvgIpc) is 3.00. The molecular formula is C17H18BrNO2. The molecule has 110 valence electrons. The topological polar surface area (TPSA) is 29.5 Å². The van der Waals surface area contributed by atoms with Crippen LogP contribution in [0.15, 0.2) is 40.9 Å². The first kappa shape index (κ1) is 14.4. The van der Waals surface area contributed by atoms with Crippen LogP contribution in [0.1, 0.15) is 19.8 Å². The second-order valence-electron chi connectivity index (χ2n) is 5.45. The van der Waals surface area contributed by atoms with Crippen LogP contribution in [0.2, 0.25) is 0 Å². The molecule has 0 spiro atoms. The maximum absolute atomic E-state index is 12.3. The summed E-state index contributed by atoms with van der Waals surface area (Å²) >= 11 is 3.47. The second kappa shape index (κ2) is 6.06. The lowest BCUT2D eigenvalue weighted by Gasteiger charge is -2.21. The monoisotopic (exact) mass is 347 g/mol. The van der Waals surface area contributed by atoms with Crippen molar-refractivity contribution in [2.45, 2.75) is 25.9 Å². The summed E-state index contributed by atoms with van der Waals surface area (Å²) in [4.78, 5) is 14.1. The molecule has 3 nitrogen and oxygen atoms in total. The molecule has 21 heavy (non-hydrogen) atoms. The quantitative estimate of drug-likeness (QED) is 0.839. The van der Waals surface area contributed by atoms with Crippen molar-refractivity contribution < 1.29 is 9.53 Å². The Kier molecular flexibility index (Phi) is 4.15. The third-order valence-electron chi connectivity index (χ3n) is 3.85. The Balaban J connectivity index is 1.74. The Labute approximate surface area is 133 Å². The first-order valence-corrected chi connectivity index (χ1v) is 8.07. The molecule has 1 saturated heterocycles. The maximum atomic E-state index is 12.3. The summed E-state index contributed by atoms with van der Waals surface area (Å²) in [6.07, 6.45) is 1.77. The van der Waals surface area contributed by atoms with E-state index in [4.69, 9.17) is 4.74 Å². The lowest BCUT2D eigenvalue weighted by atomic mass is 10.1. The largest absolute Gasteiger partial charge is 0.481 e. The minimum atomic E-state index is -0.434. The average molecular weight is 348 g/mol. The standard InChI is InChI=1S/C17H18BrNO2/c1-12(17(20)19-8-2-3-9-19)21-16-7-5-13-10-15(18)6-4-14(13)11-16/h4-7,10-12H,2-3,8-9H2,1H3/t12-/m1/s1. The number of carbonyl (C=O) groups excluding carboxylic acids is 1. The molecule has 0 aromatic heterocycles. The summed E-state index contributed by atoms with van der Waals surface area (Å²) in [6.45, 7) is 3.54. The highest BCUT2D eigenvalue weighted by atomic mass is 79.9. The van der Waals surface area contributed by atoms with Crippen LogP contribution in [-0.2, 0) is 4.79 Å². The summed E-state index contributed by atoms with van der Waals surface area (Å²) < 4.78 is 6.88. The normalized spacial score (nSPS) is 16.2. The van der Waals surface area contributed by atoms with Gasteiger partial charge in [-0.2, -0.15) is 0 Å². The van der Waals surface area contributed by atoms with E-state index in [1.165, 1.54) is 0 Å². The number of hydrogen-bond acceptors (Lipinski definition) is 2. The van der Waals surface area contributed by atoms with Crippen LogP contribution in [0.3, 0.4) is 0 Å². The van der Waals surface area contributed by atoms with Crippen molar-refractivity contribution in [3.8, 4) is 5.75 Å². The molecule has 0 aliphatic carbocycles. The fraction of sp³-hybridized carbons (Fsp3) is 0.353. The van der Waals surface area contributed by atoms with Gasteiger partial charge in [0.25, 0.3) is 5.91 Å². The predicted molar refractivity (Wildman–Crippen MR) is 87.6 cm³/mol. The van der Waals surface area contributed by atoms with Crippen molar-refractivity contribution in [1.82, 2.24) is 4.90 Å². The number of nitrogens with zero attached hydrogens (tertiary/aromatic N) is 1. The Bertz CT molecular complexity index is 665. The third kappa shape index (κ3) is 3.21. The van der Waals surface area contributed by atoms with Crippen molar-refractivity contribution in [3.63, 3.8) is 0 Å². The van der Waals surface area contributed by atoms with E-state index in [-0.39, 0.29) is 5.91 Å².